The zero-order valence-corrected chi connectivity index (χ0v) is 31.8. The van der Waals surface area contributed by atoms with E-state index in [0.29, 0.717) is 66.1 Å². The molecule has 6 heteroatoms. The van der Waals surface area contributed by atoms with Crippen molar-refractivity contribution < 1.29 is 28.4 Å². The zero-order chi connectivity index (χ0) is 34.3. The summed E-state index contributed by atoms with van der Waals surface area (Å²) in [6, 6.07) is 8.50. The Labute approximate surface area is 297 Å². The Balaban J connectivity index is 1.69. The first kappa shape index (κ1) is 44.8. The van der Waals surface area contributed by atoms with Gasteiger partial charge < -0.3 is 28.4 Å². The summed E-state index contributed by atoms with van der Waals surface area (Å²) < 4.78 is 33.8. The first-order valence-corrected chi connectivity index (χ1v) is 20.5. The zero-order valence-electron chi connectivity index (χ0n) is 31.8. The number of ether oxygens (including phenoxy) is 6. The molecule has 0 saturated carbocycles. The lowest BCUT2D eigenvalue weighted by atomic mass is 10.0. The summed E-state index contributed by atoms with van der Waals surface area (Å²) in [5, 5.41) is 0. The van der Waals surface area contributed by atoms with Gasteiger partial charge in [0.25, 0.3) is 0 Å². The number of rotatable bonds is 40. The van der Waals surface area contributed by atoms with E-state index in [1.807, 2.05) is 0 Å². The van der Waals surface area contributed by atoms with E-state index < -0.39 is 0 Å². The third kappa shape index (κ3) is 33.3. The molecule has 0 aliphatic carbocycles. The highest BCUT2D eigenvalue weighted by molar-refractivity contribution is 5.27. The normalized spacial score (nSPS) is 11.5. The van der Waals surface area contributed by atoms with Gasteiger partial charge in [0.05, 0.1) is 59.5 Å². The topological polar surface area (TPSA) is 55.4 Å². The second-order valence-electron chi connectivity index (χ2n) is 13.4. The molecule has 0 unspecified atom stereocenters. The monoisotopic (exact) mass is 679 g/mol. The van der Waals surface area contributed by atoms with Gasteiger partial charge in [-0.25, -0.2) is 0 Å². The molecule has 1 aromatic carbocycles. The molecule has 0 fully saturated rings. The van der Waals surface area contributed by atoms with E-state index in [4.69, 9.17) is 28.4 Å². The average Bonchev–Trinajstić information content (AvgIpc) is 3.11. The minimum Gasteiger partial charge on any atom is -0.491 e. The molecule has 0 heterocycles. The molecule has 0 radical (unpaired) electrons. The van der Waals surface area contributed by atoms with Crippen molar-refractivity contribution in [1.82, 2.24) is 0 Å². The number of hydrogen-bond acceptors (Lipinski definition) is 6. The Morgan fingerprint density at radius 1 is 0.312 bits per heavy atom. The van der Waals surface area contributed by atoms with Crippen molar-refractivity contribution in [3.63, 3.8) is 0 Å². The largest absolute Gasteiger partial charge is 0.491 e. The van der Waals surface area contributed by atoms with Crippen molar-refractivity contribution in [2.24, 2.45) is 0 Å². The Morgan fingerprint density at radius 3 is 1.02 bits per heavy atom. The fourth-order valence-corrected chi connectivity index (χ4v) is 5.81. The van der Waals surface area contributed by atoms with Crippen LogP contribution in [-0.2, 0) is 30.1 Å². The van der Waals surface area contributed by atoms with Gasteiger partial charge in [-0.3, -0.25) is 0 Å². The molecule has 0 amide bonds. The Kier molecular flexibility index (Phi) is 36.1. The summed E-state index contributed by atoms with van der Waals surface area (Å²) in [4.78, 5) is 0. The number of unbranched alkanes of at least 4 members (excludes halogenated alkanes) is 20. The highest BCUT2D eigenvalue weighted by Crippen LogP contribution is 2.16. The molecule has 282 valence electrons. The van der Waals surface area contributed by atoms with Gasteiger partial charge in [-0.1, -0.05) is 154 Å². The molecule has 0 aliphatic rings. The van der Waals surface area contributed by atoms with Crippen molar-refractivity contribution in [3.8, 4) is 5.75 Å². The molecule has 0 bridgehead atoms. The molecule has 0 saturated heterocycles. The lowest BCUT2D eigenvalue weighted by molar-refractivity contribution is -0.0128. The molecule has 6 nitrogen and oxygen atoms in total. The van der Waals surface area contributed by atoms with Crippen LogP contribution < -0.4 is 4.74 Å². The van der Waals surface area contributed by atoms with Gasteiger partial charge >= 0.3 is 0 Å². The van der Waals surface area contributed by atoms with E-state index >= 15 is 0 Å². The van der Waals surface area contributed by atoms with Gasteiger partial charge in [0.15, 0.2) is 0 Å². The van der Waals surface area contributed by atoms with Crippen molar-refractivity contribution in [3.05, 3.63) is 29.8 Å². The van der Waals surface area contributed by atoms with Crippen LogP contribution in [0.2, 0.25) is 0 Å². The molecule has 0 spiro atoms. The van der Waals surface area contributed by atoms with E-state index in [0.717, 1.165) is 25.2 Å². The highest BCUT2D eigenvalue weighted by Gasteiger charge is 1.99. The predicted octanol–water partition coefficient (Wildman–Crippen LogP) is 11.3. The molecule has 0 atom stereocenters. The standard InChI is InChI=1S/C42H78O6/c1-3-5-7-9-11-12-13-14-15-16-17-18-19-20-22-24-30-43-31-32-44-33-34-45-35-36-46-37-38-47-39-40-48-42-28-26-41(27-29-42)25-23-21-10-8-6-4-2/h26-29H,3-25,30-40H2,1-2H3. The minimum absolute atomic E-state index is 0.546. The molecule has 0 aromatic heterocycles. The van der Waals surface area contributed by atoms with Crippen LogP contribution in [0, 0.1) is 0 Å². The molecular formula is C42H78O6. The summed E-state index contributed by atoms with van der Waals surface area (Å²) in [5.74, 6) is 0.903. The van der Waals surface area contributed by atoms with Crippen LogP contribution in [-0.4, -0.2) is 72.7 Å². The predicted molar refractivity (Wildman–Crippen MR) is 203 cm³/mol. The van der Waals surface area contributed by atoms with E-state index in [9.17, 15) is 0 Å². The summed E-state index contributed by atoms with van der Waals surface area (Å²) in [6.07, 6.45) is 31.5. The van der Waals surface area contributed by atoms with Crippen molar-refractivity contribution in [1.29, 1.82) is 0 Å². The van der Waals surface area contributed by atoms with Gasteiger partial charge in [-0.15, -0.1) is 0 Å². The fraction of sp³-hybridized carbons (Fsp3) is 0.857. The smallest absolute Gasteiger partial charge is 0.119 e. The number of hydrogen-bond donors (Lipinski definition) is 0. The van der Waals surface area contributed by atoms with Crippen LogP contribution in [0.4, 0.5) is 0 Å². The second kappa shape index (κ2) is 38.6. The molecule has 1 aromatic rings. The summed E-state index contributed by atoms with van der Waals surface area (Å²) in [6.45, 7) is 11.2. The lowest BCUT2D eigenvalue weighted by Gasteiger charge is -2.09. The molecule has 0 aliphatic heterocycles. The van der Waals surface area contributed by atoms with Gasteiger partial charge in [0.1, 0.15) is 12.4 Å². The summed E-state index contributed by atoms with van der Waals surface area (Å²) in [7, 11) is 0. The van der Waals surface area contributed by atoms with Crippen LogP contribution in [0.5, 0.6) is 5.75 Å². The Hall–Kier alpha value is -1.18. The first-order chi connectivity index (χ1) is 23.9. The van der Waals surface area contributed by atoms with Crippen molar-refractivity contribution in [2.75, 3.05) is 72.7 Å². The summed E-state index contributed by atoms with van der Waals surface area (Å²) in [5.41, 5.74) is 1.39. The van der Waals surface area contributed by atoms with Gasteiger partial charge in [-0.05, 0) is 37.0 Å². The van der Waals surface area contributed by atoms with Crippen LogP contribution in [0.3, 0.4) is 0 Å². The molecule has 1 rings (SSSR count). The van der Waals surface area contributed by atoms with Crippen LogP contribution in [0.25, 0.3) is 0 Å². The van der Waals surface area contributed by atoms with E-state index in [1.165, 1.54) is 140 Å². The van der Waals surface area contributed by atoms with Crippen LogP contribution in [0.15, 0.2) is 24.3 Å². The number of aryl methyl sites for hydroxylation is 1. The quantitative estimate of drug-likeness (QED) is 0.0644. The maximum Gasteiger partial charge on any atom is 0.119 e. The first-order valence-electron chi connectivity index (χ1n) is 20.5. The SMILES string of the molecule is CCCCCCCCCCCCCCCCCCOCCOCCOCCOCCOCCOc1ccc(CCCCCCCC)cc1. The third-order valence-corrected chi connectivity index (χ3v) is 8.87. The second-order valence-corrected chi connectivity index (χ2v) is 13.4. The van der Waals surface area contributed by atoms with Gasteiger partial charge in [0, 0.05) is 6.61 Å². The van der Waals surface area contributed by atoms with Crippen molar-refractivity contribution >= 4 is 0 Å². The van der Waals surface area contributed by atoms with Crippen molar-refractivity contribution in [2.45, 2.75) is 162 Å². The maximum atomic E-state index is 5.79. The van der Waals surface area contributed by atoms with E-state index in [1.54, 1.807) is 0 Å². The van der Waals surface area contributed by atoms with E-state index in [-0.39, 0.29) is 0 Å². The number of benzene rings is 1. The Morgan fingerprint density at radius 2 is 0.625 bits per heavy atom. The highest BCUT2D eigenvalue weighted by atomic mass is 16.6. The molecule has 48 heavy (non-hydrogen) atoms. The molecular weight excluding hydrogens is 600 g/mol. The lowest BCUT2D eigenvalue weighted by Crippen LogP contribution is -2.14. The Bertz CT molecular complexity index is 727. The third-order valence-electron chi connectivity index (χ3n) is 8.87. The average molecular weight is 679 g/mol. The maximum absolute atomic E-state index is 5.79. The molecule has 0 N–H and O–H groups in total. The van der Waals surface area contributed by atoms with Gasteiger partial charge in [0.2, 0.25) is 0 Å². The minimum atomic E-state index is 0.546. The van der Waals surface area contributed by atoms with Crippen LogP contribution in [0.1, 0.15) is 161 Å². The van der Waals surface area contributed by atoms with Crippen LogP contribution >= 0.6 is 0 Å². The summed E-state index contributed by atoms with van der Waals surface area (Å²) >= 11 is 0. The van der Waals surface area contributed by atoms with E-state index in [2.05, 4.69) is 38.1 Å². The fourth-order valence-electron chi connectivity index (χ4n) is 5.81. The van der Waals surface area contributed by atoms with Gasteiger partial charge in [-0.2, -0.15) is 0 Å².